The molecule has 2 N–H and O–H groups in total. The standard InChI is InChI=1S/C9H7BrN6O2/c10-6-2-8-7(17-4-18-8)1-5(6)3-12-16-9(11)13-14-15-16/h1-3H,4H2,(H2,11,13,15)/b12-3-. The maximum Gasteiger partial charge on any atom is 0.263 e. The van der Waals surface area contributed by atoms with Crippen LogP contribution in [-0.4, -0.2) is 33.3 Å². The second-order valence-corrected chi connectivity index (χ2v) is 4.25. The van der Waals surface area contributed by atoms with Gasteiger partial charge >= 0.3 is 0 Å². The minimum absolute atomic E-state index is 0.114. The zero-order valence-corrected chi connectivity index (χ0v) is 10.5. The van der Waals surface area contributed by atoms with Crippen LogP contribution in [-0.2, 0) is 0 Å². The number of nitrogens with zero attached hydrogens (tertiary/aromatic N) is 5. The minimum atomic E-state index is 0.114. The monoisotopic (exact) mass is 310 g/mol. The van der Waals surface area contributed by atoms with Crippen molar-refractivity contribution in [3.8, 4) is 11.5 Å². The number of benzene rings is 1. The van der Waals surface area contributed by atoms with Crippen LogP contribution in [0.2, 0.25) is 0 Å². The Morgan fingerprint density at radius 3 is 2.89 bits per heavy atom. The molecule has 0 atom stereocenters. The second kappa shape index (κ2) is 4.26. The molecule has 2 heterocycles. The lowest BCUT2D eigenvalue weighted by Crippen LogP contribution is -1.99. The fourth-order valence-electron chi connectivity index (χ4n) is 1.42. The Hall–Kier alpha value is -2.16. The summed E-state index contributed by atoms with van der Waals surface area (Å²) in [4.78, 5) is 1.12. The summed E-state index contributed by atoms with van der Waals surface area (Å²) in [5.41, 5.74) is 6.29. The van der Waals surface area contributed by atoms with E-state index in [9.17, 15) is 0 Å². The normalized spacial score (nSPS) is 13.4. The van der Waals surface area contributed by atoms with Crippen molar-refractivity contribution in [3.63, 3.8) is 0 Å². The van der Waals surface area contributed by atoms with E-state index in [1.807, 2.05) is 6.07 Å². The minimum Gasteiger partial charge on any atom is -0.454 e. The first-order valence-corrected chi connectivity index (χ1v) is 5.71. The van der Waals surface area contributed by atoms with Gasteiger partial charge in [0, 0.05) is 10.0 Å². The third kappa shape index (κ3) is 1.88. The topological polar surface area (TPSA) is 100 Å². The molecule has 0 radical (unpaired) electrons. The molecule has 1 aliphatic rings. The molecule has 0 saturated heterocycles. The number of rotatable bonds is 2. The summed E-state index contributed by atoms with van der Waals surface area (Å²) in [7, 11) is 0. The van der Waals surface area contributed by atoms with Crippen LogP contribution >= 0.6 is 15.9 Å². The average molecular weight is 311 g/mol. The number of hydrogen-bond acceptors (Lipinski definition) is 7. The van der Waals surface area contributed by atoms with Crippen molar-refractivity contribution in [3.05, 3.63) is 22.2 Å². The number of fused-ring (bicyclic) bond motifs is 1. The van der Waals surface area contributed by atoms with Gasteiger partial charge in [-0.2, -0.15) is 5.10 Å². The van der Waals surface area contributed by atoms with E-state index in [0.29, 0.717) is 11.5 Å². The van der Waals surface area contributed by atoms with E-state index in [1.165, 1.54) is 0 Å². The Kier molecular flexibility index (Phi) is 2.59. The number of halogens is 1. The van der Waals surface area contributed by atoms with Gasteiger partial charge in [-0.3, -0.25) is 0 Å². The molecule has 0 bridgehead atoms. The lowest BCUT2D eigenvalue weighted by Gasteiger charge is -2.01. The van der Waals surface area contributed by atoms with Crippen molar-refractivity contribution in [1.82, 2.24) is 20.3 Å². The largest absolute Gasteiger partial charge is 0.454 e. The van der Waals surface area contributed by atoms with Crippen LogP contribution in [0.3, 0.4) is 0 Å². The molecule has 9 heteroatoms. The van der Waals surface area contributed by atoms with E-state index >= 15 is 0 Å². The summed E-state index contributed by atoms with van der Waals surface area (Å²) in [6, 6.07) is 3.61. The molecule has 0 spiro atoms. The van der Waals surface area contributed by atoms with E-state index in [4.69, 9.17) is 15.2 Å². The van der Waals surface area contributed by atoms with Gasteiger partial charge in [0.15, 0.2) is 11.5 Å². The van der Waals surface area contributed by atoms with E-state index in [-0.39, 0.29) is 12.7 Å². The molecule has 8 nitrogen and oxygen atoms in total. The molecular weight excluding hydrogens is 304 g/mol. The van der Waals surface area contributed by atoms with Gasteiger partial charge in [0.05, 0.1) is 6.21 Å². The number of ether oxygens (including phenoxy) is 2. The highest BCUT2D eigenvalue weighted by molar-refractivity contribution is 9.10. The molecule has 1 aromatic carbocycles. The molecule has 1 aliphatic heterocycles. The van der Waals surface area contributed by atoms with Crippen LogP contribution in [0.5, 0.6) is 11.5 Å². The van der Waals surface area contributed by atoms with Gasteiger partial charge in [-0.25, -0.2) is 0 Å². The number of tetrazole rings is 1. The summed E-state index contributed by atoms with van der Waals surface area (Å²) < 4.78 is 11.3. The van der Waals surface area contributed by atoms with Crippen molar-refractivity contribution in [2.75, 3.05) is 12.5 Å². The van der Waals surface area contributed by atoms with Crippen molar-refractivity contribution < 1.29 is 9.47 Å². The van der Waals surface area contributed by atoms with Gasteiger partial charge in [-0.05, 0) is 38.5 Å². The predicted molar refractivity (Wildman–Crippen MR) is 65.5 cm³/mol. The lowest BCUT2D eigenvalue weighted by molar-refractivity contribution is 0.174. The molecule has 0 fully saturated rings. The van der Waals surface area contributed by atoms with Crippen LogP contribution in [0, 0.1) is 0 Å². The molecule has 1 aromatic heterocycles. The molecular formula is C9H7BrN6O2. The summed E-state index contributed by atoms with van der Waals surface area (Å²) in [5.74, 6) is 1.48. The highest BCUT2D eigenvalue weighted by atomic mass is 79.9. The van der Waals surface area contributed by atoms with Crippen LogP contribution < -0.4 is 15.2 Å². The number of anilines is 1. The average Bonchev–Trinajstić information content (AvgIpc) is 2.95. The second-order valence-electron chi connectivity index (χ2n) is 3.40. The zero-order valence-electron chi connectivity index (χ0n) is 8.95. The van der Waals surface area contributed by atoms with Gasteiger partial charge < -0.3 is 15.2 Å². The molecule has 0 amide bonds. The highest BCUT2D eigenvalue weighted by Crippen LogP contribution is 2.36. The Balaban J connectivity index is 1.94. The first-order valence-electron chi connectivity index (χ1n) is 4.91. The first kappa shape index (κ1) is 11.0. The molecule has 92 valence electrons. The molecule has 3 rings (SSSR count). The van der Waals surface area contributed by atoms with Crippen LogP contribution in [0.25, 0.3) is 0 Å². The first-order chi connectivity index (χ1) is 8.74. The highest BCUT2D eigenvalue weighted by Gasteiger charge is 2.15. The molecule has 0 aliphatic carbocycles. The predicted octanol–water partition coefficient (Wildman–Crippen LogP) is 0.629. The maximum absolute atomic E-state index is 5.49. The molecule has 0 saturated carbocycles. The third-order valence-corrected chi connectivity index (χ3v) is 2.96. The lowest BCUT2D eigenvalue weighted by atomic mass is 10.2. The van der Waals surface area contributed by atoms with Gasteiger partial charge in [0.25, 0.3) is 5.95 Å². The number of nitrogen functional groups attached to an aromatic ring is 1. The SMILES string of the molecule is Nc1nnnn1/N=C\c1cc2c(cc1Br)OCO2. The summed E-state index contributed by atoms with van der Waals surface area (Å²) in [6.07, 6.45) is 1.57. The summed E-state index contributed by atoms with van der Waals surface area (Å²) in [6.45, 7) is 0.225. The van der Waals surface area contributed by atoms with Gasteiger partial charge in [-0.1, -0.05) is 9.89 Å². The fraction of sp³-hybridized carbons (Fsp3) is 0.111. The van der Waals surface area contributed by atoms with E-state index in [1.54, 1.807) is 12.3 Å². The number of nitrogens with two attached hydrogens (primary N) is 1. The van der Waals surface area contributed by atoms with Crippen molar-refractivity contribution in [2.45, 2.75) is 0 Å². The Labute approximate surface area is 109 Å². The van der Waals surface area contributed by atoms with Gasteiger partial charge in [0.2, 0.25) is 6.79 Å². The van der Waals surface area contributed by atoms with Crippen molar-refractivity contribution in [2.24, 2.45) is 5.10 Å². The summed E-state index contributed by atoms with van der Waals surface area (Å²) in [5, 5.41) is 14.5. The van der Waals surface area contributed by atoms with E-state index in [0.717, 1.165) is 14.8 Å². The molecule has 0 unspecified atom stereocenters. The Bertz CT molecular complexity index is 626. The van der Waals surface area contributed by atoms with Crippen molar-refractivity contribution >= 4 is 28.1 Å². The quantitative estimate of drug-likeness (QED) is 0.816. The maximum atomic E-state index is 5.49. The number of aromatic nitrogens is 4. The smallest absolute Gasteiger partial charge is 0.263 e. The van der Waals surface area contributed by atoms with E-state index < -0.39 is 0 Å². The van der Waals surface area contributed by atoms with E-state index in [2.05, 4.69) is 36.6 Å². The fourth-order valence-corrected chi connectivity index (χ4v) is 1.85. The zero-order chi connectivity index (χ0) is 12.5. The molecule has 2 aromatic rings. The Morgan fingerprint density at radius 1 is 1.39 bits per heavy atom. The van der Waals surface area contributed by atoms with Crippen molar-refractivity contribution in [1.29, 1.82) is 0 Å². The van der Waals surface area contributed by atoms with Crippen LogP contribution in [0.15, 0.2) is 21.7 Å². The van der Waals surface area contributed by atoms with Crippen LogP contribution in [0.4, 0.5) is 5.95 Å². The van der Waals surface area contributed by atoms with Gasteiger partial charge in [0.1, 0.15) is 0 Å². The third-order valence-electron chi connectivity index (χ3n) is 2.27. The summed E-state index contributed by atoms with van der Waals surface area (Å²) >= 11 is 3.41. The van der Waals surface area contributed by atoms with Gasteiger partial charge in [-0.15, -0.1) is 0 Å². The molecule has 18 heavy (non-hydrogen) atoms. The van der Waals surface area contributed by atoms with Crippen LogP contribution in [0.1, 0.15) is 5.56 Å². The Morgan fingerprint density at radius 2 is 2.17 bits per heavy atom. The number of hydrogen-bond donors (Lipinski definition) is 1.